The highest BCUT2D eigenvalue weighted by atomic mass is 79.9. The predicted molar refractivity (Wildman–Crippen MR) is 75.9 cm³/mol. The molecule has 1 unspecified atom stereocenters. The summed E-state index contributed by atoms with van der Waals surface area (Å²) < 4.78 is 6.53. The van der Waals surface area contributed by atoms with Gasteiger partial charge in [0, 0.05) is 11.0 Å². The van der Waals surface area contributed by atoms with Gasteiger partial charge in [-0.25, -0.2) is 0 Å². The number of benzene rings is 1. The Labute approximate surface area is 117 Å². The minimum absolute atomic E-state index is 0.331. The molecule has 2 rings (SSSR count). The zero-order chi connectivity index (χ0) is 12.8. The van der Waals surface area contributed by atoms with Crippen LogP contribution in [-0.2, 0) is 0 Å². The summed E-state index contributed by atoms with van der Waals surface area (Å²) in [6.45, 7) is 1.93. The van der Waals surface area contributed by atoms with Gasteiger partial charge in [0.1, 0.15) is 18.5 Å². The highest BCUT2D eigenvalue weighted by Crippen LogP contribution is 2.31. The molecular formula is C14H20BrNO2. The van der Waals surface area contributed by atoms with Crippen LogP contribution in [0, 0.1) is 5.92 Å². The number of ether oxygens (including phenoxy) is 1. The summed E-state index contributed by atoms with van der Waals surface area (Å²) in [6, 6.07) is 7.62. The van der Waals surface area contributed by atoms with Gasteiger partial charge < -0.3 is 15.2 Å². The number of aliphatic hydroxyl groups is 1. The van der Waals surface area contributed by atoms with Crippen LogP contribution in [0.2, 0.25) is 0 Å². The lowest BCUT2D eigenvalue weighted by atomic mass is 10.3. The Morgan fingerprint density at radius 1 is 1.33 bits per heavy atom. The Morgan fingerprint density at radius 2 is 2.06 bits per heavy atom. The average Bonchev–Trinajstić information content (AvgIpc) is 3.18. The molecule has 1 aliphatic carbocycles. The lowest BCUT2D eigenvalue weighted by Gasteiger charge is -2.13. The third-order valence-corrected chi connectivity index (χ3v) is 3.59. The van der Waals surface area contributed by atoms with Crippen molar-refractivity contribution < 1.29 is 9.84 Å². The van der Waals surface area contributed by atoms with Crippen LogP contribution in [0.1, 0.15) is 19.3 Å². The van der Waals surface area contributed by atoms with Crippen LogP contribution in [0.3, 0.4) is 0 Å². The maximum atomic E-state index is 9.75. The normalized spacial score (nSPS) is 16.6. The molecule has 1 saturated carbocycles. The van der Waals surface area contributed by atoms with Gasteiger partial charge >= 0.3 is 0 Å². The second-order valence-corrected chi connectivity index (χ2v) is 5.77. The molecule has 1 fully saturated rings. The largest absolute Gasteiger partial charge is 0.491 e. The lowest BCUT2D eigenvalue weighted by Crippen LogP contribution is -2.32. The van der Waals surface area contributed by atoms with Crippen LogP contribution in [0.15, 0.2) is 28.7 Å². The Hall–Kier alpha value is -0.580. The minimum atomic E-state index is -0.451. The number of halogens is 1. The SMILES string of the molecule is OC(CNCCC1CC1)COc1ccc(Br)cc1. The predicted octanol–water partition coefficient (Wildman–Crippen LogP) is 2.58. The number of hydrogen-bond donors (Lipinski definition) is 2. The summed E-state index contributed by atoms with van der Waals surface area (Å²) in [7, 11) is 0. The molecule has 4 heteroatoms. The molecule has 0 bridgehead atoms. The van der Waals surface area contributed by atoms with Gasteiger partial charge in [0.2, 0.25) is 0 Å². The molecule has 0 radical (unpaired) electrons. The van der Waals surface area contributed by atoms with Crippen molar-refractivity contribution in [3.05, 3.63) is 28.7 Å². The van der Waals surface area contributed by atoms with E-state index in [-0.39, 0.29) is 0 Å². The first kappa shape index (κ1) is 13.8. The van der Waals surface area contributed by atoms with Crippen molar-refractivity contribution in [1.29, 1.82) is 0 Å². The molecule has 0 aromatic heterocycles. The summed E-state index contributed by atoms with van der Waals surface area (Å²) in [5, 5.41) is 13.0. The fourth-order valence-electron chi connectivity index (χ4n) is 1.76. The molecule has 0 spiro atoms. The third-order valence-electron chi connectivity index (χ3n) is 3.06. The van der Waals surface area contributed by atoms with Gasteiger partial charge in [-0.1, -0.05) is 28.8 Å². The highest BCUT2D eigenvalue weighted by Gasteiger charge is 2.20. The molecule has 18 heavy (non-hydrogen) atoms. The number of nitrogens with one attached hydrogen (secondary N) is 1. The molecule has 1 aliphatic rings. The van der Waals surface area contributed by atoms with E-state index >= 15 is 0 Å². The zero-order valence-corrected chi connectivity index (χ0v) is 12.0. The molecule has 100 valence electrons. The van der Waals surface area contributed by atoms with Gasteiger partial charge in [-0.2, -0.15) is 0 Å². The second-order valence-electron chi connectivity index (χ2n) is 4.85. The van der Waals surface area contributed by atoms with Crippen LogP contribution in [0.5, 0.6) is 5.75 Å². The fraction of sp³-hybridized carbons (Fsp3) is 0.571. The summed E-state index contributed by atoms with van der Waals surface area (Å²) in [5.41, 5.74) is 0. The fourth-order valence-corrected chi connectivity index (χ4v) is 2.03. The molecule has 1 aromatic carbocycles. The molecule has 0 saturated heterocycles. The molecule has 1 atom stereocenters. The van der Waals surface area contributed by atoms with Gasteiger partial charge in [-0.05, 0) is 43.1 Å². The van der Waals surface area contributed by atoms with E-state index < -0.39 is 6.10 Å². The molecule has 0 heterocycles. The Kier molecular flexibility index (Phi) is 5.47. The average molecular weight is 314 g/mol. The number of hydrogen-bond acceptors (Lipinski definition) is 3. The van der Waals surface area contributed by atoms with Crippen LogP contribution < -0.4 is 10.1 Å². The Morgan fingerprint density at radius 3 is 2.72 bits per heavy atom. The van der Waals surface area contributed by atoms with Gasteiger partial charge in [-0.3, -0.25) is 0 Å². The first-order valence-corrected chi connectivity index (χ1v) is 7.30. The van der Waals surface area contributed by atoms with E-state index in [0.717, 1.165) is 22.7 Å². The van der Waals surface area contributed by atoms with Gasteiger partial charge in [0.25, 0.3) is 0 Å². The highest BCUT2D eigenvalue weighted by molar-refractivity contribution is 9.10. The van der Waals surface area contributed by atoms with E-state index in [1.165, 1.54) is 19.3 Å². The van der Waals surface area contributed by atoms with Crippen LogP contribution in [-0.4, -0.2) is 30.9 Å². The summed E-state index contributed by atoms with van der Waals surface area (Å²) in [6.07, 6.45) is 3.56. The van der Waals surface area contributed by atoms with Gasteiger partial charge in [0.05, 0.1) is 0 Å². The lowest BCUT2D eigenvalue weighted by molar-refractivity contribution is 0.106. The first-order valence-electron chi connectivity index (χ1n) is 6.51. The Bertz CT molecular complexity index is 351. The van der Waals surface area contributed by atoms with Crippen molar-refractivity contribution in [2.24, 2.45) is 5.92 Å². The Balaban J connectivity index is 1.55. The maximum Gasteiger partial charge on any atom is 0.119 e. The van der Waals surface area contributed by atoms with E-state index in [4.69, 9.17) is 4.74 Å². The van der Waals surface area contributed by atoms with Crippen LogP contribution >= 0.6 is 15.9 Å². The van der Waals surface area contributed by atoms with E-state index in [0.29, 0.717) is 13.2 Å². The summed E-state index contributed by atoms with van der Waals surface area (Å²) >= 11 is 3.37. The molecule has 0 aliphatic heterocycles. The van der Waals surface area contributed by atoms with Crippen molar-refractivity contribution in [3.63, 3.8) is 0 Å². The standard InChI is InChI=1S/C14H20BrNO2/c15-12-3-5-14(6-4-12)18-10-13(17)9-16-8-7-11-1-2-11/h3-6,11,13,16-17H,1-2,7-10H2. The summed E-state index contributed by atoms with van der Waals surface area (Å²) in [4.78, 5) is 0. The van der Waals surface area contributed by atoms with Crippen molar-refractivity contribution in [1.82, 2.24) is 5.32 Å². The van der Waals surface area contributed by atoms with E-state index in [2.05, 4.69) is 21.2 Å². The quantitative estimate of drug-likeness (QED) is 0.725. The smallest absolute Gasteiger partial charge is 0.119 e. The van der Waals surface area contributed by atoms with Gasteiger partial charge in [-0.15, -0.1) is 0 Å². The molecular weight excluding hydrogens is 294 g/mol. The van der Waals surface area contributed by atoms with Crippen molar-refractivity contribution >= 4 is 15.9 Å². The monoisotopic (exact) mass is 313 g/mol. The minimum Gasteiger partial charge on any atom is -0.491 e. The third kappa shape index (κ3) is 5.38. The van der Waals surface area contributed by atoms with E-state index in [9.17, 15) is 5.11 Å². The first-order chi connectivity index (χ1) is 8.74. The van der Waals surface area contributed by atoms with Gasteiger partial charge in [0.15, 0.2) is 0 Å². The van der Waals surface area contributed by atoms with E-state index in [1.807, 2.05) is 24.3 Å². The molecule has 2 N–H and O–H groups in total. The van der Waals surface area contributed by atoms with Crippen molar-refractivity contribution in [2.45, 2.75) is 25.4 Å². The van der Waals surface area contributed by atoms with E-state index in [1.54, 1.807) is 0 Å². The number of rotatable bonds is 8. The second kappa shape index (κ2) is 7.12. The molecule has 3 nitrogen and oxygen atoms in total. The van der Waals surface area contributed by atoms with Crippen LogP contribution in [0.4, 0.5) is 0 Å². The summed E-state index contributed by atoms with van der Waals surface area (Å²) in [5.74, 6) is 1.73. The topological polar surface area (TPSA) is 41.5 Å². The van der Waals surface area contributed by atoms with Crippen molar-refractivity contribution in [2.75, 3.05) is 19.7 Å². The van der Waals surface area contributed by atoms with Crippen molar-refractivity contribution in [3.8, 4) is 5.75 Å². The zero-order valence-electron chi connectivity index (χ0n) is 10.4. The number of aliphatic hydroxyl groups excluding tert-OH is 1. The maximum absolute atomic E-state index is 9.75. The molecule has 0 amide bonds. The molecule has 1 aromatic rings. The van der Waals surface area contributed by atoms with Crippen LogP contribution in [0.25, 0.3) is 0 Å².